The van der Waals surface area contributed by atoms with Crippen molar-refractivity contribution < 1.29 is 4.79 Å². The van der Waals surface area contributed by atoms with Gasteiger partial charge in [0, 0.05) is 50.2 Å². The van der Waals surface area contributed by atoms with Gasteiger partial charge in [-0.15, -0.1) is 0 Å². The van der Waals surface area contributed by atoms with E-state index in [9.17, 15) is 9.59 Å². The van der Waals surface area contributed by atoms with Crippen LogP contribution in [0.15, 0.2) is 47.4 Å². The minimum absolute atomic E-state index is 0.175. The number of carbonyl (C=O) groups excluding carboxylic acids is 1. The molecule has 3 rings (SSSR count). The molecule has 0 unspecified atom stereocenters. The number of hydrogen-bond donors (Lipinski definition) is 1. The van der Waals surface area contributed by atoms with Crippen molar-refractivity contribution >= 4 is 11.6 Å². The Labute approximate surface area is 135 Å². The van der Waals surface area contributed by atoms with Crippen LogP contribution in [0.5, 0.6) is 0 Å². The van der Waals surface area contributed by atoms with Crippen molar-refractivity contribution in [1.29, 1.82) is 0 Å². The van der Waals surface area contributed by atoms with Crippen LogP contribution < -0.4 is 15.8 Å². The third-order valence-corrected chi connectivity index (χ3v) is 4.24. The third-order valence-electron chi connectivity index (χ3n) is 4.24. The maximum Gasteiger partial charge on any atom is 0.251 e. The lowest BCUT2D eigenvalue weighted by atomic mass is 10.2. The van der Waals surface area contributed by atoms with Gasteiger partial charge in [-0.2, -0.15) is 0 Å². The fraction of sp³-hybridized carbons (Fsp3) is 0.333. The molecule has 0 spiro atoms. The van der Waals surface area contributed by atoms with E-state index in [0.717, 1.165) is 25.9 Å². The molecule has 1 aromatic heterocycles. The molecule has 2 aromatic rings. The molecule has 23 heavy (non-hydrogen) atoms. The summed E-state index contributed by atoms with van der Waals surface area (Å²) in [6.45, 7) is 2.57. The van der Waals surface area contributed by atoms with Gasteiger partial charge in [0.25, 0.3) is 11.5 Å². The Bertz CT molecular complexity index is 767. The van der Waals surface area contributed by atoms with Crippen molar-refractivity contribution in [2.24, 2.45) is 7.05 Å². The summed E-state index contributed by atoms with van der Waals surface area (Å²) in [6.07, 6.45) is 3.58. The predicted octanol–water partition coefficient (Wildman–Crippen LogP) is 1.57. The second-order valence-electron chi connectivity index (χ2n) is 5.84. The minimum atomic E-state index is -0.190. The van der Waals surface area contributed by atoms with E-state index < -0.39 is 0 Å². The first-order chi connectivity index (χ1) is 11.1. The Hall–Kier alpha value is -2.56. The van der Waals surface area contributed by atoms with Crippen molar-refractivity contribution in [3.63, 3.8) is 0 Å². The number of fused-ring (bicyclic) bond motifs is 1. The van der Waals surface area contributed by atoms with Crippen LogP contribution in [-0.4, -0.2) is 30.1 Å². The molecule has 0 fully saturated rings. The van der Waals surface area contributed by atoms with Gasteiger partial charge >= 0.3 is 0 Å². The zero-order chi connectivity index (χ0) is 16.2. The number of para-hydroxylation sites is 1. The molecule has 2 heterocycles. The van der Waals surface area contributed by atoms with Crippen molar-refractivity contribution in [1.82, 2.24) is 9.88 Å². The molecule has 5 nitrogen and oxygen atoms in total. The first kappa shape index (κ1) is 15.3. The number of amides is 1. The Balaban J connectivity index is 1.48. The second kappa shape index (κ2) is 6.69. The number of benzene rings is 1. The van der Waals surface area contributed by atoms with Gasteiger partial charge in [-0.1, -0.05) is 18.2 Å². The van der Waals surface area contributed by atoms with E-state index in [1.807, 2.05) is 0 Å². The van der Waals surface area contributed by atoms with Crippen molar-refractivity contribution in [3.05, 3.63) is 64.1 Å². The summed E-state index contributed by atoms with van der Waals surface area (Å²) in [5.74, 6) is -0.190. The van der Waals surface area contributed by atoms with Crippen LogP contribution in [0.4, 0.5) is 5.69 Å². The SMILES string of the molecule is Cn1ccc(C(=O)NCCCN2CCc3ccccc32)cc1=O. The van der Waals surface area contributed by atoms with E-state index in [-0.39, 0.29) is 11.5 Å². The molecule has 0 bridgehead atoms. The average Bonchev–Trinajstić information content (AvgIpc) is 2.97. The van der Waals surface area contributed by atoms with Gasteiger partial charge in [0.05, 0.1) is 0 Å². The molecule has 1 N–H and O–H groups in total. The molecule has 5 heteroatoms. The molecule has 1 aliphatic rings. The van der Waals surface area contributed by atoms with Crippen LogP contribution in [0.3, 0.4) is 0 Å². The highest BCUT2D eigenvalue weighted by Crippen LogP contribution is 2.27. The Morgan fingerprint density at radius 2 is 2.09 bits per heavy atom. The maximum absolute atomic E-state index is 12.0. The molecular weight excluding hydrogens is 290 g/mol. The zero-order valence-corrected chi connectivity index (χ0v) is 13.3. The molecule has 0 saturated carbocycles. The lowest BCUT2D eigenvalue weighted by molar-refractivity contribution is 0.0953. The van der Waals surface area contributed by atoms with Gasteiger partial charge in [0.15, 0.2) is 0 Å². The van der Waals surface area contributed by atoms with Crippen molar-refractivity contribution in [3.8, 4) is 0 Å². The summed E-state index contributed by atoms with van der Waals surface area (Å²) in [7, 11) is 1.66. The van der Waals surface area contributed by atoms with Gasteiger partial charge in [-0.3, -0.25) is 9.59 Å². The molecule has 1 aliphatic heterocycles. The lowest BCUT2D eigenvalue weighted by Gasteiger charge is -2.19. The summed E-state index contributed by atoms with van der Waals surface area (Å²) in [6, 6.07) is 11.5. The Morgan fingerprint density at radius 3 is 2.91 bits per heavy atom. The van der Waals surface area contributed by atoms with Gasteiger partial charge in [0.1, 0.15) is 0 Å². The molecule has 0 saturated heterocycles. The van der Waals surface area contributed by atoms with E-state index in [2.05, 4.69) is 34.5 Å². The normalized spacial score (nSPS) is 13.0. The number of aromatic nitrogens is 1. The highest BCUT2D eigenvalue weighted by molar-refractivity contribution is 5.93. The number of nitrogens with one attached hydrogen (secondary N) is 1. The number of rotatable bonds is 5. The highest BCUT2D eigenvalue weighted by Gasteiger charge is 2.17. The molecule has 0 radical (unpaired) electrons. The monoisotopic (exact) mass is 311 g/mol. The van der Waals surface area contributed by atoms with Crippen LogP contribution in [0.1, 0.15) is 22.3 Å². The van der Waals surface area contributed by atoms with Crippen LogP contribution in [0.25, 0.3) is 0 Å². The molecule has 1 amide bonds. The first-order valence-corrected chi connectivity index (χ1v) is 7.93. The summed E-state index contributed by atoms with van der Waals surface area (Å²) in [5, 5.41) is 2.88. The van der Waals surface area contributed by atoms with Crippen molar-refractivity contribution in [2.45, 2.75) is 12.8 Å². The molecular formula is C18H21N3O2. The van der Waals surface area contributed by atoms with Crippen LogP contribution in [-0.2, 0) is 13.5 Å². The number of anilines is 1. The topological polar surface area (TPSA) is 54.3 Å². The highest BCUT2D eigenvalue weighted by atomic mass is 16.2. The Morgan fingerprint density at radius 1 is 1.26 bits per heavy atom. The van der Waals surface area contributed by atoms with E-state index in [1.54, 1.807) is 19.3 Å². The number of pyridine rings is 1. The second-order valence-corrected chi connectivity index (χ2v) is 5.84. The summed E-state index contributed by atoms with van der Waals surface area (Å²) in [4.78, 5) is 25.9. The van der Waals surface area contributed by atoms with E-state index >= 15 is 0 Å². The number of hydrogen-bond acceptors (Lipinski definition) is 3. The molecule has 1 aromatic carbocycles. The van der Waals surface area contributed by atoms with E-state index in [4.69, 9.17) is 0 Å². The van der Waals surface area contributed by atoms with Gasteiger partial charge in [-0.25, -0.2) is 0 Å². The fourth-order valence-electron chi connectivity index (χ4n) is 2.90. The largest absolute Gasteiger partial charge is 0.371 e. The van der Waals surface area contributed by atoms with E-state index in [0.29, 0.717) is 12.1 Å². The number of aryl methyl sites for hydroxylation is 1. The quantitative estimate of drug-likeness (QED) is 0.853. The first-order valence-electron chi connectivity index (χ1n) is 7.93. The van der Waals surface area contributed by atoms with Crippen LogP contribution in [0, 0.1) is 0 Å². The molecule has 0 atom stereocenters. The van der Waals surface area contributed by atoms with Gasteiger partial charge in [-0.05, 0) is 30.5 Å². The maximum atomic E-state index is 12.0. The summed E-state index contributed by atoms with van der Waals surface area (Å²) >= 11 is 0. The molecule has 0 aliphatic carbocycles. The van der Waals surface area contributed by atoms with E-state index in [1.165, 1.54) is 21.9 Å². The standard InChI is InChI=1S/C18H21N3O2/c1-20-11-7-15(13-17(20)22)18(23)19-9-4-10-21-12-8-14-5-2-3-6-16(14)21/h2-3,5-7,11,13H,4,8-10,12H2,1H3,(H,19,23). The summed E-state index contributed by atoms with van der Waals surface area (Å²) in [5.41, 5.74) is 2.95. The molecule has 120 valence electrons. The van der Waals surface area contributed by atoms with Crippen molar-refractivity contribution in [2.75, 3.05) is 24.5 Å². The number of carbonyl (C=O) groups is 1. The smallest absolute Gasteiger partial charge is 0.251 e. The Kier molecular flexibility index (Phi) is 4.46. The predicted molar refractivity (Wildman–Crippen MR) is 91.0 cm³/mol. The minimum Gasteiger partial charge on any atom is -0.371 e. The average molecular weight is 311 g/mol. The van der Waals surface area contributed by atoms with Gasteiger partial charge < -0.3 is 14.8 Å². The van der Waals surface area contributed by atoms with Crippen LogP contribution in [0.2, 0.25) is 0 Å². The fourth-order valence-corrected chi connectivity index (χ4v) is 2.90. The van der Waals surface area contributed by atoms with Gasteiger partial charge in [0.2, 0.25) is 0 Å². The number of nitrogens with zero attached hydrogens (tertiary/aromatic N) is 2. The van der Waals surface area contributed by atoms with Crippen LogP contribution >= 0.6 is 0 Å². The zero-order valence-electron chi connectivity index (χ0n) is 13.3. The third kappa shape index (κ3) is 3.44. The lowest BCUT2D eigenvalue weighted by Crippen LogP contribution is -2.30. The summed E-state index contributed by atoms with van der Waals surface area (Å²) < 4.78 is 1.45.